The van der Waals surface area contributed by atoms with E-state index in [2.05, 4.69) is 0 Å². The van der Waals surface area contributed by atoms with Crippen LogP contribution in [0.15, 0.2) is 18.2 Å². The zero-order valence-electron chi connectivity index (χ0n) is 12.3. The van der Waals surface area contributed by atoms with Gasteiger partial charge in [-0.2, -0.15) is 0 Å². The normalized spacial score (nSPS) is 17.0. The van der Waals surface area contributed by atoms with E-state index in [1.54, 1.807) is 19.1 Å². The molecule has 1 aliphatic heterocycles. The second-order valence-electron chi connectivity index (χ2n) is 5.33. The first-order valence-electron chi connectivity index (χ1n) is 6.94. The Morgan fingerprint density at radius 2 is 2.05 bits per heavy atom. The molecule has 6 heteroatoms. The van der Waals surface area contributed by atoms with Crippen molar-refractivity contribution in [3.05, 3.63) is 28.8 Å². The van der Waals surface area contributed by atoms with Crippen molar-refractivity contribution in [1.82, 2.24) is 4.90 Å². The Balaban J connectivity index is 0.00000220. The second kappa shape index (κ2) is 7.87. The number of carbonyl (C=O) groups is 1. The first-order chi connectivity index (χ1) is 9.47. The van der Waals surface area contributed by atoms with E-state index in [9.17, 15) is 4.79 Å². The molecule has 2 N–H and O–H groups in total. The van der Waals surface area contributed by atoms with Crippen LogP contribution in [0, 0.1) is 6.92 Å². The van der Waals surface area contributed by atoms with E-state index in [1.165, 1.54) is 0 Å². The summed E-state index contributed by atoms with van der Waals surface area (Å²) in [4.78, 5) is 14.1. The number of benzene rings is 1. The van der Waals surface area contributed by atoms with Crippen molar-refractivity contribution in [3.63, 3.8) is 0 Å². The molecule has 0 saturated carbocycles. The molecule has 0 aromatic heterocycles. The quantitative estimate of drug-likeness (QED) is 0.925. The molecule has 1 saturated heterocycles. The van der Waals surface area contributed by atoms with Gasteiger partial charge in [0.2, 0.25) is 0 Å². The molecule has 2 rings (SSSR count). The van der Waals surface area contributed by atoms with Crippen molar-refractivity contribution in [2.24, 2.45) is 5.73 Å². The fourth-order valence-corrected chi connectivity index (χ4v) is 2.44. The highest BCUT2D eigenvalue weighted by molar-refractivity contribution is 6.31. The summed E-state index contributed by atoms with van der Waals surface area (Å²) in [5, 5.41) is 0.696. The lowest BCUT2D eigenvalue weighted by Gasteiger charge is -2.32. The molecule has 0 spiro atoms. The molecule has 1 unspecified atom stereocenters. The molecule has 0 radical (unpaired) electrons. The molecule has 0 bridgehead atoms. The fraction of sp³-hybridized carbons (Fsp3) is 0.533. The lowest BCUT2D eigenvalue weighted by Crippen LogP contribution is -2.47. The third-order valence-electron chi connectivity index (χ3n) is 3.64. The standard InChI is InChI=1S/C15H21ClN2O2.ClH/c1-10-9-13(3-4-14(10)16)20-11(2)15(19)18-7-5-12(17)6-8-18;/h3-4,9,11-12H,5-8,17H2,1-2H3;1H. The summed E-state index contributed by atoms with van der Waals surface area (Å²) < 4.78 is 5.71. The van der Waals surface area contributed by atoms with Gasteiger partial charge in [-0.15, -0.1) is 12.4 Å². The molecule has 1 atom stereocenters. The van der Waals surface area contributed by atoms with Crippen LogP contribution in [0.25, 0.3) is 0 Å². The maximum Gasteiger partial charge on any atom is 0.263 e. The number of piperidine rings is 1. The number of hydrogen-bond acceptors (Lipinski definition) is 3. The van der Waals surface area contributed by atoms with Gasteiger partial charge in [-0.3, -0.25) is 4.79 Å². The zero-order valence-corrected chi connectivity index (χ0v) is 13.9. The summed E-state index contributed by atoms with van der Waals surface area (Å²) in [7, 11) is 0. The number of aryl methyl sites for hydroxylation is 1. The smallest absolute Gasteiger partial charge is 0.263 e. The minimum atomic E-state index is -0.495. The van der Waals surface area contributed by atoms with Crippen LogP contribution in [0.4, 0.5) is 0 Å². The predicted molar refractivity (Wildman–Crippen MR) is 87.3 cm³/mol. The SMILES string of the molecule is Cc1cc(OC(C)C(=O)N2CCC(N)CC2)ccc1Cl.Cl. The average molecular weight is 333 g/mol. The molecule has 1 amide bonds. The van der Waals surface area contributed by atoms with Crippen molar-refractivity contribution in [2.75, 3.05) is 13.1 Å². The summed E-state index contributed by atoms with van der Waals surface area (Å²) in [6.07, 6.45) is 1.22. The summed E-state index contributed by atoms with van der Waals surface area (Å²) in [5.74, 6) is 0.686. The lowest BCUT2D eigenvalue weighted by molar-refractivity contribution is -0.139. The van der Waals surface area contributed by atoms with Gasteiger partial charge in [-0.05, 0) is 50.5 Å². The largest absolute Gasteiger partial charge is 0.481 e. The predicted octanol–water partition coefficient (Wildman–Crippen LogP) is 2.79. The van der Waals surface area contributed by atoms with Gasteiger partial charge in [0.25, 0.3) is 5.91 Å². The molecule has 1 aliphatic rings. The van der Waals surface area contributed by atoms with Crippen molar-refractivity contribution in [3.8, 4) is 5.75 Å². The number of ether oxygens (including phenoxy) is 1. The van der Waals surface area contributed by atoms with Crippen LogP contribution in [0.5, 0.6) is 5.75 Å². The van der Waals surface area contributed by atoms with Gasteiger partial charge >= 0.3 is 0 Å². The minimum Gasteiger partial charge on any atom is -0.481 e. The molecule has 4 nitrogen and oxygen atoms in total. The zero-order chi connectivity index (χ0) is 14.7. The highest BCUT2D eigenvalue weighted by atomic mass is 35.5. The number of halogens is 2. The van der Waals surface area contributed by atoms with Crippen LogP contribution < -0.4 is 10.5 Å². The van der Waals surface area contributed by atoms with E-state index in [4.69, 9.17) is 22.1 Å². The fourth-order valence-electron chi connectivity index (χ4n) is 2.32. The molecule has 1 aromatic rings. The van der Waals surface area contributed by atoms with Crippen LogP contribution in [0.2, 0.25) is 5.02 Å². The molecule has 1 heterocycles. The summed E-state index contributed by atoms with van der Waals surface area (Å²) in [5.41, 5.74) is 6.78. The Labute approximate surface area is 137 Å². The molecule has 0 aliphatic carbocycles. The van der Waals surface area contributed by atoms with E-state index in [0.29, 0.717) is 23.9 Å². The Bertz CT molecular complexity index is 489. The Morgan fingerprint density at radius 1 is 1.43 bits per heavy atom. The second-order valence-corrected chi connectivity index (χ2v) is 5.74. The van der Waals surface area contributed by atoms with Gasteiger partial charge in [-0.1, -0.05) is 11.6 Å². The molecule has 118 valence electrons. The molecule has 1 fully saturated rings. The number of nitrogens with two attached hydrogens (primary N) is 1. The molecule has 1 aromatic carbocycles. The lowest BCUT2D eigenvalue weighted by atomic mass is 10.1. The Hall–Kier alpha value is -0.970. The minimum absolute atomic E-state index is 0. The maximum absolute atomic E-state index is 12.3. The summed E-state index contributed by atoms with van der Waals surface area (Å²) in [6, 6.07) is 5.63. The van der Waals surface area contributed by atoms with Gasteiger partial charge < -0.3 is 15.4 Å². The van der Waals surface area contributed by atoms with Crippen LogP contribution in [-0.2, 0) is 4.79 Å². The number of likely N-dealkylation sites (tertiary alicyclic amines) is 1. The Morgan fingerprint density at radius 3 is 2.62 bits per heavy atom. The van der Waals surface area contributed by atoms with Crippen molar-refractivity contribution in [2.45, 2.75) is 38.8 Å². The number of rotatable bonds is 3. The van der Waals surface area contributed by atoms with Gasteiger partial charge in [0.05, 0.1) is 0 Å². The third-order valence-corrected chi connectivity index (χ3v) is 4.07. The number of carbonyl (C=O) groups excluding carboxylic acids is 1. The molecular weight excluding hydrogens is 311 g/mol. The van der Waals surface area contributed by atoms with Crippen LogP contribution in [0.1, 0.15) is 25.3 Å². The molecule has 21 heavy (non-hydrogen) atoms. The van der Waals surface area contributed by atoms with Gasteiger partial charge in [0.1, 0.15) is 5.75 Å². The third kappa shape index (κ3) is 4.77. The maximum atomic E-state index is 12.3. The van der Waals surface area contributed by atoms with E-state index in [-0.39, 0.29) is 24.4 Å². The monoisotopic (exact) mass is 332 g/mol. The Kier molecular flexibility index (Phi) is 6.78. The number of amides is 1. The topological polar surface area (TPSA) is 55.6 Å². The van der Waals surface area contributed by atoms with E-state index in [0.717, 1.165) is 18.4 Å². The van der Waals surface area contributed by atoms with Gasteiger partial charge in [0, 0.05) is 24.2 Å². The van der Waals surface area contributed by atoms with Crippen molar-refractivity contribution >= 4 is 29.9 Å². The van der Waals surface area contributed by atoms with Gasteiger partial charge in [-0.25, -0.2) is 0 Å². The van der Waals surface area contributed by atoms with Crippen LogP contribution >= 0.6 is 24.0 Å². The average Bonchev–Trinajstić information content (AvgIpc) is 2.43. The van der Waals surface area contributed by atoms with Crippen LogP contribution in [0.3, 0.4) is 0 Å². The van der Waals surface area contributed by atoms with E-state index >= 15 is 0 Å². The van der Waals surface area contributed by atoms with E-state index in [1.807, 2.05) is 17.9 Å². The number of nitrogens with zero attached hydrogens (tertiary/aromatic N) is 1. The van der Waals surface area contributed by atoms with Crippen molar-refractivity contribution < 1.29 is 9.53 Å². The van der Waals surface area contributed by atoms with Gasteiger partial charge in [0.15, 0.2) is 6.10 Å². The summed E-state index contributed by atoms with van der Waals surface area (Å²) in [6.45, 7) is 5.12. The van der Waals surface area contributed by atoms with Crippen LogP contribution in [-0.4, -0.2) is 36.0 Å². The van der Waals surface area contributed by atoms with Crippen molar-refractivity contribution in [1.29, 1.82) is 0 Å². The first-order valence-corrected chi connectivity index (χ1v) is 7.32. The molecular formula is C15H22Cl2N2O2. The number of hydrogen-bond donors (Lipinski definition) is 1. The highest BCUT2D eigenvalue weighted by Gasteiger charge is 2.25. The summed E-state index contributed by atoms with van der Waals surface area (Å²) >= 11 is 5.97. The first kappa shape index (κ1) is 18.1. The van der Waals surface area contributed by atoms with E-state index < -0.39 is 6.10 Å². The highest BCUT2D eigenvalue weighted by Crippen LogP contribution is 2.22.